The molecular formula is C14H10BrClN2OS. The summed E-state index contributed by atoms with van der Waals surface area (Å²) in [7, 11) is 1.64. The summed E-state index contributed by atoms with van der Waals surface area (Å²) in [6.45, 7) is 0. The number of imidazole rings is 1. The van der Waals surface area contributed by atoms with E-state index in [1.807, 2.05) is 41.0 Å². The van der Waals surface area contributed by atoms with Crippen molar-refractivity contribution >= 4 is 50.8 Å². The summed E-state index contributed by atoms with van der Waals surface area (Å²) < 4.78 is 8.70. The third-order valence-electron chi connectivity index (χ3n) is 3.04. The van der Waals surface area contributed by atoms with Gasteiger partial charge in [0.1, 0.15) is 5.75 Å². The van der Waals surface area contributed by atoms with E-state index < -0.39 is 0 Å². The molecule has 0 spiro atoms. The van der Waals surface area contributed by atoms with Crippen LogP contribution in [0.5, 0.6) is 5.75 Å². The third kappa shape index (κ3) is 2.26. The highest BCUT2D eigenvalue weighted by atomic mass is 79.9. The molecule has 20 heavy (non-hydrogen) atoms. The first-order valence-corrected chi connectivity index (χ1v) is 7.42. The largest absolute Gasteiger partial charge is 0.497 e. The maximum absolute atomic E-state index is 6.09. The van der Waals surface area contributed by atoms with E-state index in [0.29, 0.717) is 9.79 Å². The number of aromatic amines is 1. The quantitative estimate of drug-likeness (QED) is 0.636. The molecule has 0 aliphatic heterocycles. The van der Waals surface area contributed by atoms with Gasteiger partial charge in [0.25, 0.3) is 0 Å². The summed E-state index contributed by atoms with van der Waals surface area (Å²) in [6.07, 6.45) is 0. The van der Waals surface area contributed by atoms with E-state index >= 15 is 0 Å². The summed E-state index contributed by atoms with van der Waals surface area (Å²) >= 11 is 15.0. The van der Waals surface area contributed by atoms with Crippen LogP contribution in [0, 0.1) is 4.77 Å². The second-order valence-electron chi connectivity index (χ2n) is 4.24. The van der Waals surface area contributed by atoms with Crippen molar-refractivity contribution in [1.82, 2.24) is 9.55 Å². The Balaban J connectivity index is 2.33. The average molecular weight is 370 g/mol. The maximum atomic E-state index is 6.09. The molecule has 0 atom stereocenters. The van der Waals surface area contributed by atoms with E-state index in [-0.39, 0.29) is 0 Å². The molecule has 0 aliphatic carbocycles. The number of nitrogens with one attached hydrogen (secondary N) is 1. The Bertz CT molecular complexity index is 856. The number of ether oxygens (including phenoxy) is 1. The molecule has 0 amide bonds. The Morgan fingerprint density at radius 2 is 2.05 bits per heavy atom. The summed E-state index contributed by atoms with van der Waals surface area (Å²) in [5.41, 5.74) is 2.79. The fourth-order valence-electron chi connectivity index (χ4n) is 2.11. The Morgan fingerprint density at radius 3 is 2.80 bits per heavy atom. The minimum absolute atomic E-state index is 0.608. The minimum Gasteiger partial charge on any atom is -0.497 e. The highest BCUT2D eigenvalue weighted by Crippen LogP contribution is 2.29. The lowest BCUT2D eigenvalue weighted by molar-refractivity contribution is 0.415. The number of methoxy groups -OCH3 is 1. The normalized spacial score (nSPS) is 10.9. The Hall–Kier alpha value is -1.30. The molecule has 102 valence electrons. The fraction of sp³-hybridized carbons (Fsp3) is 0.0714. The van der Waals surface area contributed by atoms with Gasteiger partial charge in [0.2, 0.25) is 0 Å². The standard InChI is InChI=1S/C14H10BrClN2OS/c1-19-9-3-5-12-11(7-9)17-14(20)18(12)13-6-8(16)2-4-10(13)15/h2-7H,1H3,(H,17,20). The van der Waals surface area contributed by atoms with Crippen molar-refractivity contribution in [1.29, 1.82) is 0 Å². The Morgan fingerprint density at radius 1 is 1.25 bits per heavy atom. The number of hydrogen-bond donors (Lipinski definition) is 1. The van der Waals surface area contributed by atoms with E-state index in [4.69, 9.17) is 28.6 Å². The molecule has 6 heteroatoms. The molecule has 3 aromatic rings. The van der Waals surface area contributed by atoms with Gasteiger partial charge >= 0.3 is 0 Å². The first-order chi connectivity index (χ1) is 9.60. The highest BCUT2D eigenvalue weighted by Gasteiger charge is 2.10. The van der Waals surface area contributed by atoms with Gasteiger partial charge < -0.3 is 9.72 Å². The van der Waals surface area contributed by atoms with Crippen LogP contribution in [0.3, 0.4) is 0 Å². The zero-order valence-corrected chi connectivity index (χ0v) is 13.6. The summed E-state index contributed by atoms with van der Waals surface area (Å²) in [4.78, 5) is 3.18. The van der Waals surface area contributed by atoms with E-state index in [9.17, 15) is 0 Å². The van der Waals surface area contributed by atoms with Gasteiger partial charge in [-0.15, -0.1) is 0 Å². The molecule has 0 bridgehead atoms. The van der Waals surface area contributed by atoms with Gasteiger partial charge in [0.15, 0.2) is 4.77 Å². The zero-order valence-electron chi connectivity index (χ0n) is 10.5. The third-order valence-corrected chi connectivity index (χ3v) is 4.23. The lowest BCUT2D eigenvalue weighted by atomic mass is 10.2. The minimum atomic E-state index is 0.608. The van der Waals surface area contributed by atoms with Crippen molar-refractivity contribution in [2.24, 2.45) is 0 Å². The van der Waals surface area contributed by atoms with Crippen LogP contribution in [-0.4, -0.2) is 16.7 Å². The van der Waals surface area contributed by atoms with Crippen molar-refractivity contribution in [3.63, 3.8) is 0 Å². The van der Waals surface area contributed by atoms with Crippen molar-refractivity contribution in [2.75, 3.05) is 7.11 Å². The van der Waals surface area contributed by atoms with Crippen molar-refractivity contribution in [2.45, 2.75) is 0 Å². The highest BCUT2D eigenvalue weighted by molar-refractivity contribution is 9.10. The molecule has 1 N–H and O–H groups in total. The molecule has 3 rings (SSSR count). The van der Waals surface area contributed by atoms with Gasteiger partial charge in [-0.05, 0) is 58.5 Å². The lowest BCUT2D eigenvalue weighted by Gasteiger charge is -2.08. The number of benzene rings is 2. The van der Waals surface area contributed by atoms with Crippen LogP contribution < -0.4 is 4.74 Å². The van der Waals surface area contributed by atoms with Gasteiger partial charge in [0.05, 0.1) is 23.8 Å². The zero-order chi connectivity index (χ0) is 14.3. The average Bonchev–Trinajstić information content (AvgIpc) is 2.76. The first kappa shape index (κ1) is 13.7. The number of halogens is 2. The molecule has 0 aliphatic rings. The molecule has 0 fully saturated rings. The van der Waals surface area contributed by atoms with Crippen LogP contribution in [0.25, 0.3) is 16.7 Å². The first-order valence-electron chi connectivity index (χ1n) is 5.84. The van der Waals surface area contributed by atoms with Crippen LogP contribution in [0.1, 0.15) is 0 Å². The molecule has 3 nitrogen and oxygen atoms in total. The number of H-pyrrole nitrogens is 1. The predicted molar refractivity (Wildman–Crippen MR) is 87.7 cm³/mol. The SMILES string of the molecule is COc1ccc2c(c1)[nH]c(=S)n2-c1cc(Cl)ccc1Br. The molecule has 1 heterocycles. The predicted octanol–water partition coefficient (Wildman–Crippen LogP) is 5.11. The fourth-order valence-corrected chi connectivity index (χ4v) is 3.01. The van der Waals surface area contributed by atoms with E-state index in [1.54, 1.807) is 7.11 Å². The summed E-state index contributed by atoms with van der Waals surface area (Å²) in [6, 6.07) is 11.4. The second kappa shape index (κ2) is 5.24. The van der Waals surface area contributed by atoms with Crippen LogP contribution in [0.4, 0.5) is 0 Å². The molecule has 0 radical (unpaired) electrons. The van der Waals surface area contributed by atoms with Gasteiger partial charge in [-0.1, -0.05) is 11.6 Å². The van der Waals surface area contributed by atoms with Crippen molar-refractivity contribution < 1.29 is 4.74 Å². The molecule has 0 saturated heterocycles. The number of hydrogen-bond acceptors (Lipinski definition) is 2. The van der Waals surface area contributed by atoms with E-state index in [0.717, 1.165) is 26.9 Å². The maximum Gasteiger partial charge on any atom is 0.182 e. The molecular weight excluding hydrogens is 360 g/mol. The van der Waals surface area contributed by atoms with Gasteiger partial charge in [-0.3, -0.25) is 4.57 Å². The molecule has 1 aromatic heterocycles. The van der Waals surface area contributed by atoms with Crippen molar-refractivity contribution in [3.8, 4) is 11.4 Å². The smallest absolute Gasteiger partial charge is 0.182 e. The van der Waals surface area contributed by atoms with Crippen LogP contribution in [0.15, 0.2) is 40.9 Å². The molecule has 0 unspecified atom stereocenters. The van der Waals surface area contributed by atoms with E-state index in [1.165, 1.54) is 0 Å². The second-order valence-corrected chi connectivity index (χ2v) is 5.92. The van der Waals surface area contributed by atoms with Crippen LogP contribution in [0.2, 0.25) is 5.02 Å². The van der Waals surface area contributed by atoms with Gasteiger partial charge in [0, 0.05) is 15.6 Å². The van der Waals surface area contributed by atoms with E-state index in [2.05, 4.69) is 20.9 Å². The number of rotatable bonds is 2. The van der Waals surface area contributed by atoms with Crippen LogP contribution in [-0.2, 0) is 0 Å². The Labute approximate surface area is 134 Å². The summed E-state index contributed by atoms with van der Waals surface area (Å²) in [5.74, 6) is 0.783. The summed E-state index contributed by atoms with van der Waals surface area (Å²) in [5, 5.41) is 0.660. The monoisotopic (exact) mass is 368 g/mol. The van der Waals surface area contributed by atoms with Gasteiger partial charge in [-0.2, -0.15) is 0 Å². The lowest BCUT2D eigenvalue weighted by Crippen LogP contribution is -1.95. The number of nitrogens with zero attached hydrogens (tertiary/aromatic N) is 1. The molecule has 0 saturated carbocycles. The number of aromatic nitrogens is 2. The number of fused-ring (bicyclic) bond motifs is 1. The molecule has 2 aromatic carbocycles. The van der Waals surface area contributed by atoms with Crippen molar-refractivity contribution in [3.05, 3.63) is 50.7 Å². The Kier molecular flexibility index (Phi) is 3.58. The van der Waals surface area contributed by atoms with Crippen LogP contribution >= 0.6 is 39.7 Å². The van der Waals surface area contributed by atoms with Gasteiger partial charge in [-0.25, -0.2) is 0 Å². The topological polar surface area (TPSA) is 29.9 Å².